The molecule has 1 heterocycles. The van der Waals surface area contributed by atoms with Crippen molar-refractivity contribution in [2.45, 2.75) is 39.2 Å². The van der Waals surface area contributed by atoms with Crippen LogP contribution in [0.15, 0.2) is 12.1 Å². The van der Waals surface area contributed by atoms with Crippen LogP contribution in [0.4, 0.5) is 0 Å². The molecule has 1 aliphatic rings. The lowest BCUT2D eigenvalue weighted by Crippen LogP contribution is -2.33. The summed E-state index contributed by atoms with van der Waals surface area (Å²) in [5.74, 6) is 1.63. The number of hydrogen-bond acceptors (Lipinski definition) is 3. The van der Waals surface area contributed by atoms with Crippen molar-refractivity contribution in [2.75, 3.05) is 19.5 Å². The zero-order chi connectivity index (χ0) is 13.7. The minimum Gasteiger partial charge on any atom is -0.497 e. The molecular formula is C15H23ClN2O. The summed E-state index contributed by atoms with van der Waals surface area (Å²) in [5, 5.41) is 3.51. The molecule has 0 unspecified atom stereocenters. The van der Waals surface area contributed by atoms with Crippen molar-refractivity contribution in [1.29, 1.82) is 0 Å². The first-order chi connectivity index (χ1) is 9.17. The SMILES string of the molecule is COc1cc(C)nc(CNCC2(CCl)CCCC2)c1. The molecule has 1 fully saturated rings. The first-order valence-corrected chi connectivity index (χ1v) is 7.49. The van der Waals surface area contributed by atoms with E-state index in [0.717, 1.165) is 36.1 Å². The summed E-state index contributed by atoms with van der Waals surface area (Å²) >= 11 is 6.14. The van der Waals surface area contributed by atoms with Crippen LogP contribution in [0.25, 0.3) is 0 Å². The van der Waals surface area contributed by atoms with Gasteiger partial charge in [0.25, 0.3) is 0 Å². The van der Waals surface area contributed by atoms with Crippen LogP contribution in [0.2, 0.25) is 0 Å². The molecule has 2 rings (SSSR count). The van der Waals surface area contributed by atoms with Gasteiger partial charge in [0.1, 0.15) is 5.75 Å². The minimum absolute atomic E-state index is 0.301. The number of aromatic nitrogens is 1. The molecule has 0 aromatic carbocycles. The van der Waals surface area contributed by atoms with Gasteiger partial charge in [-0.15, -0.1) is 11.6 Å². The number of pyridine rings is 1. The van der Waals surface area contributed by atoms with E-state index >= 15 is 0 Å². The molecule has 106 valence electrons. The van der Waals surface area contributed by atoms with Crippen molar-refractivity contribution >= 4 is 11.6 Å². The summed E-state index contributed by atoms with van der Waals surface area (Å²) in [6.07, 6.45) is 5.11. The van der Waals surface area contributed by atoms with Crippen LogP contribution in [-0.4, -0.2) is 24.5 Å². The maximum Gasteiger partial charge on any atom is 0.122 e. The normalized spacial score (nSPS) is 17.6. The van der Waals surface area contributed by atoms with Crippen molar-refractivity contribution < 1.29 is 4.74 Å². The highest BCUT2D eigenvalue weighted by Crippen LogP contribution is 2.38. The smallest absolute Gasteiger partial charge is 0.122 e. The first kappa shape index (κ1) is 14.6. The van der Waals surface area contributed by atoms with Crippen molar-refractivity contribution in [3.8, 4) is 5.75 Å². The van der Waals surface area contributed by atoms with Crippen molar-refractivity contribution in [2.24, 2.45) is 5.41 Å². The summed E-state index contributed by atoms with van der Waals surface area (Å²) < 4.78 is 5.27. The maximum absolute atomic E-state index is 6.14. The lowest BCUT2D eigenvalue weighted by Gasteiger charge is -2.26. The zero-order valence-corrected chi connectivity index (χ0v) is 12.6. The lowest BCUT2D eigenvalue weighted by atomic mass is 9.88. The Morgan fingerprint density at radius 3 is 2.74 bits per heavy atom. The monoisotopic (exact) mass is 282 g/mol. The predicted octanol–water partition coefficient (Wildman–Crippen LogP) is 3.29. The zero-order valence-electron chi connectivity index (χ0n) is 11.8. The lowest BCUT2D eigenvalue weighted by molar-refractivity contribution is 0.319. The van der Waals surface area contributed by atoms with Crippen LogP contribution in [-0.2, 0) is 6.54 Å². The van der Waals surface area contributed by atoms with Gasteiger partial charge < -0.3 is 10.1 Å². The van der Waals surface area contributed by atoms with E-state index in [-0.39, 0.29) is 0 Å². The number of rotatable bonds is 6. The van der Waals surface area contributed by atoms with Crippen molar-refractivity contribution in [3.05, 3.63) is 23.5 Å². The van der Waals surface area contributed by atoms with Crippen LogP contribution in [0, 0.1) is 12.3 Å². The molecule has 19 heavy (non-hydrogen) atoms. The number of nitrogens with one attached hydrogen (secondary N) is 1. The topological polar surface area (TPSA) is 34.1 Å². The fourth-order valence-corrected chi connectivity index (χ4v) is 3.21. The molecule has 0 saturated heterocycles. The summed E-state index contributed by atoms with van der Waals surface area (Å²) in [6.45, 7) is 3.74. The van der Waals surface area contributed by atoms with Gasteiger partial charge in [0.05, 0.1) is 12.8 Å². The van der Waals surface area contributed by atoms with E-state index < -0.39 is 0 Å². The maximum atomic E-state index is 6.14. The second-order valence-electron chi connectivity index (χ2n) is 5.58. The van der Waals surface area contributed by atoms with E-state index in [1.807, 2.05) is 19.1 Å². The first-order valence-electron chi connectivity index (χ1n) is 6.96. The van der Waals surface area contributed by atoms with Crippen LogP contribution >= 0.6 is 11.6 Å². The molecule has 1 N–H and O–H groups in total. The molecule has 1 aliphatic carbocycles. The number of hydrogen-bond donors (Lipinski definition) is 1. The van der Waals surface area contributed by atoms with E-state index in [9.17, 15) is 0 Å². The average molecular weight is 283 g/mol. The van der Waals surface area contributed by atoms with Crippen molar-refractivity contribution in [3.63, 3.8) is 0 Å². The predicted molar refractivity (Wildman–Crippen MR) is 78.9 cm³/mol. The second-order valence-corrected chi connectivity index (χ2v) is 5.85. The number of aryl methyl sites for hydroxylation is 1. The Morgan fingerprint density at radius 1 is 1.37 bits per heavy atom. The highest BCUT2D eigenvalue weighted by Gasteiger charge is 2.32. The number of halogens is 1. The number of ether oxygens (including phenoxy) is 1. The molecule has 3 nitrogen and oxygen atoms in total. The number of methoxy groups -OCH3 is 1. The van der Waals surface area contributed by atoms with Gasteiger partial charge in [0.15, 0.2) is 0 Å². The third kappa shape index (κ3) is 3.83. The Kier molecular flexibility index (Phi) is 5.06. The molecule has 4 heteroatoms. The molecular weight excluding hydrogens is 260 g/mol. The van der Waals surface area contributed by atoms with Crippen LogP contribution in [0.1, 0.15) is 37.1 Å². The van der Waals surface area contributed by atoms with E-state index in [0.29, 0.717) is 5.41 Å². The quantitative estimate of drug-likeness (QED) is 0.813. The molecule has 0 aliphatic heterocycles. The third-order valence-electron chi connectivity index (χ3n) is 3.97. The van der Waals surface area contributed by atoms with Crippen LogP contribution < -0.4 is 10.1 Å². The highest BCUT2D eigenvalue weighted by molar-refractivity contribution is 6.18. The Labute approximate surface area is 120 Å². The van der Waals surface area contributed by atoms with Crippen LogP contribution in [0.3, 0.4) is 0 Å². The van der Waals surface area contributed by atoms with Gasteiger partial charge in [0, 0.05) is 36.8 Å². The summed E-state index contributed by atoms with van der Waals surface area (Å²) in [4.78, 5) is 4.52. The standard InChI is InChI=1S/C15H23ClN2O/c1-12-7-14(19-2)8-13(18-12)9-17-11-15(10-16)5-3-4-6-15/h7-8,17H,3-6,9-11H2,1-2H3. The van der Waals surface area contributed by atoms with Gasteiger partial charge in [-0.1, -0.05) is 12.8 Å². The molecule has 1 aromatic heterocycles. The van der Waals surface area contributed by atoms with Gasteiger partial charge >= 0.3 is 0 Å². The van der Waals surface area contributed by atoms with E-state index in [2.05, 4.69) is 10.3 Å². The summed E-state index contributed by atoms with van der Waals surface area (Å²) in [6, 6.07) is 3.93. The van der Waals surface area contributed by atoms with Crippen molar-refractivity contribution in [1.82, 2.24) is 10.3 Å². The number of nitrogens with zero attached hydrogens (tertiary/aromatic N) is 1. The molecule has 0 amide bonds. The van der Waals surface area contributed by atoms with Gasteiger partial charge in [0.2, 0.25) is 0 Å². The fraction of sp³-hybridized carbons (Fsp3) is 0.667. The Bertz CT molecular complexity index is 417. The van der Waals surface area contributed by atoms with E-state index in [4.69, 9.17) is 16.3 Å². The van der Waals surface area contributed by atoms with E-state index in [1.165, 1.54) is 25.7 Å². The van der Waals surface area contributed by atoms with Gasteiger partial charge in [-0.05, 0) is 25.2 Å². The third-order valence-corrected chi connectivity index (χ3v) is 4.54. The largest absolute Gasteiger partial charge is 0.497 e. The summed E-state index contributed by atoms with van der Waals surface area (Å²) in [5.41, 5.74) is 2.32. The van der Waals surface area contributed by atoms with Gasteiger partial charge in [-0.2, -0.15) is 0 Å². The van der Waals surface area contributed by atoms with Gasteiger partial charge in [-0.3, -0.25) is 4.98 Å². The Hall–Kier alpha value is -0.800. The molecule has 0 spiro atoms. The minimum atomic E-state index is 0.301. The second kappa shape index (κ2) is 6.58. The Morgan fingerprint density at radius 2 is 2.11 bits per heavy atom. The molecule has 0 atom stereocenters. The highest BCUT2D eigenvalue weighted by atomic mass is 35.5. The summed E-state index contributed by atoms with van der Waals surface area (Å²) in [7, 11) is 1.69. The van der Waals surface area contributed by atoms with Gasteiger partial charge in [-0.25, -0.2) is 0 Å². The fourth-order valence-electron chi connectivity index (χ4n) is 2.85. The number of alkyl halides is 1. The molecule has 1 aromatic rings. The molecule has 0 bridgehead atoms. The van der Waals surface area contributed by atoms with Crippen LogP contribution in [0.5, 0.6) is 5.75 Å². The Balaban J connectivity index is 1.90. The average Bonchev–Trinajstić information content (AvgIpc) is 2.87. The van der Waals surface area contributed by atoms with E-state index in [1.54, 1.807) is 7.11 Å². The molecule has 1 saturated carbocycles. The molecule has 0 radical (unpaired) electrons.